The van der Waals surface area contributed by atoms with Crippen molar-refractivity contribution in [2.45, 2.75) is 93.1 Å². The van der Waals surface area contributed by atoms with Crippen molar-refractivity contribution >= 4 is 75.9 Å². The highest BCUT2D eigenvalue weighted by atomic mass is 16.6. The van der Waals surface area contributed by atoms with Gasteiger partial charge in [-0.3, -0.25) is 54.3 Å². The van der Waals surface area contributed by atoms with Crippen molar-refractivity contribution < 1.29 is 47.7 Å². The van der Waals surface area contributed by atoms with Gasteiger partial charge in [-0.1, -0.05) is 18.2 Å². The molecule has 5 amide bonds. The highest BCUT2D eigenvalue weighted by molar-refractivity contribution is 6.05. The van der Waals surface area contributed by atoms with Gasteiger partial charge in [-0.15, -0.1) is 0 Å². The van der Waals surface area contributed by atoms with E-state index in [1.165, 1.54) is 43.8 Å². The molecule has 76 heavy (non-hydrogen) atoms. The number of methoxy groups -OCH3 is 1. The molecule has 0 saturated heterocycles. The van der Waals surface area contributed by atoms with Gasteiger partial charge in [0.15, 0.2) is 0 Å². The van der Waals surface area contributed by atoms with Crippen LogP contribution in [0, 0.1) is 13.8 Å². The number of aliphatic imine (C=N–C) groups is 1. The van der Waals surface area contributed by atoms with E-state index in [1.807, 2.05) is 13.8 Å². The summed E-state index contributed by atoms with van der Waals surface area (Å²) in [6.07, 6.45) is 9.19. The minimum atomic E-state index is -0.748. The van der Waals surface area contributed by atoms with Crippen LogP contribution in [0.2, 0.25) is 0 Å². The van der Waals surface area contributed by atoms with Crippen LogP contribution in [0.1, 0.15) is 101 Å². The van der Waals surface area contributed by atoms with E-state index in [9.17, 15) is 28.8 Å². The van der Waals surface area contributed by atoms with E-state index in [0.29, 0.717) is 35.5 Å². The topological polar surface area (TPSA) is 337 Å². The third-order valence-electron chi connectivity index (χ3n) is 11.0. The number of fused-ring (bicyclic) bond motifs is 2. The molecule has 0 atom stereocenters. The molecule has 6 aromatic rings. The van der Waals surface area contributed by atoms with Gasteiger partial charge in [0.05, 0.1) is 48.4 Å². The number of aromatic nitrogens is 8. The predicted molar refractivity (Wildman–Crippen MR) is 283 cm³/mol. The first kappa shape index (κ1) is 56.0. The molecule has 0 unspecified atom stereocenters. The summed E-state index contributed by atoms with van der Waals surface area (Å²) in [6, 6.07) is 9.23. The molecule has 2 aromatic carbocycles. The molecule has 0 aliphatic carbocycles. The number of carbonyl (C=O) groups is 6. The standard InChI is InChI=1S/C51H63N15O10/c1-9-65-37(22-30(3)61-65)46(70)59-48-57-35-24-32(44(53)68)26-39(74-20-14-11-17-55-29-34(28-52)56-50(72)76-51(5,6)7)42(35)63(48)18-12-13-19-64-43-36(58-49(64)60-47(71)38-23-31(4)62-66(38)10-2)25-33(45(54)69)27-40(43)75-21-15-16-41(67)73-8/h11-14,22-29H,9-10,15-21,52H2,1-8H3,(H2,53,68)(H2,54,69)(H,56,72)(H,57,59,70)(H,58,60,71)/b13-12+,14-11+,34-28+,55-29?. The number of nitrogens with one attached hydrogen (secondary N) is 3. The number of primary amides is 2. The molecular weight excluding hydrogens is 983 g/mol. The Kier molecular flexibility index (Phi) is 18.5. The Balaban J connectivity index is 1.37. The number of carbonyl (C=O) groups excluding carboxylic acids is 6. The molecule has 402 valence electrons. The smallest absolute Gasteiger partial charge is 0.412 e. The fraction of sp³-hybridized carbons (Fsp3) is 0.353. The number of allylic oxidation sites excluding steroid dienone is 3. The summed E-state index contributed by atoms with van der Waals surface area (Å²) in [4.78, 5) is 91.0. The van der Waals surface area contributed by atoms with E-state index in [2.05, 4.69) is 31.1 Å². The number of ether oxygens (including phenoxy) is 4. The van der Waals surface area contributed by atoms with Gasteiger partial charge in [0.2, 0.25) is 23.7 Å². The lowest BCUT2D eigenvalue weighted by Gasteiger charge is -2.19. The van der Waals surface area contributed by atoms with Crippen molar-refractivity contribution in [2.24, 2.45) is 22.2 Å². The average Bonchev–Trinajstić information content (AvgIpc) is 4.15. The minimum absolute atomic E-state index is 0.00831. The first-order chi connectivity index (χ1) is 36.2. The Bertz CT molecular complexity index is 3280. The molecule has 0 aliphatic heterocycles. The summed E-state index contributed by atoms with van der Waals surface area (Å²) in [7, 11) is 1.29. The van der Waals surface area contributed by atoms with Gasteiger partial charge in [-0.25, -0.2) is 14.8 Å². The zero-order valence-electron chi connectivity index (χ0n) is 43.6. The van der Waals surface area contributed by atoms with Gasteiger partial charge < -0.3 is 45.3 Å². The fourth-order valence-electron chi connectivity index (χ4n) is 7.67. The maximum absolute atomic E-state index is 14.0. The lowest BCUT2D eigenvalue weighted by atomic mass is 10.1. The van der Waals surface area contributed by atoms with Crippen LogP contribution in [0.5, 0.6) is 11.5 Å². The number of nitrogens with zero attached hydrogens (tertiary/aromatic N) is 9. The van der Waals surface area contributed by atoms with Crippen molar-refractivity contribution in [3.8, 4) is 11.5 Å². The third-order valence-corrected chi connectivity index (χ3v) is 11.0. The van der Waals surface area contributed by atoms with Crippen molar-refractivity contribution in [1.82, 2.24) is 44.0 Å². The van der Waals surface area contributed by atoms with E-state index >= 15 is 0 Å². The second-order valence-corrected chi connectivity index (χ2v) is 17.9. The monoisotopic (exact) mass is 1050 g/mol. The Morgan fingerprint density at radius 3 is 1.70 bits per heavy atom. The van der Waals surface area contributed by atoms with Crippen molar-refractivity contribution in [2.75, 3.05) is 37.5 Å². The number of hydrogen-bond acceptors (Lipinski definition) is 16. The lowest BCUT2D eigenvalue weighted by Crippen LogP contribution is -2.32. The van der Waals surface area contributed by atoms with Gasteiger partial charge in [-0.05, 0) is 97.4 Å². The van der Waals surface area contributed by atoms with Gasteiger partial charge in [0.25, 0.3) is 11.8 Å². The number of amides is 5. The van der Waals surface area contributed by atoms with Crippen molar-refractivity contribution in [3.63, 3.8) is 0 Å². The third kappa shape index (κ3) is 14.3. The van der Waals surface area contributed by atoms with Gasteiger partial charge in [0, 0.05) is 56.1 Å². The number of esters is 1. The van der Waals surface area contributed by atoms with Gasteiger partial charge in [-0.2, -0.15) is 10.2 Å². The van der Waals surface area contributed by atoms with Gasteiger partial charge in [0.1, 0.15) is 46.1 Å². The van der Waals surface area contributed by atoms with E-state index in [-0.39, 0.29) is 108 Å². The van der Waals surface area contributed by atoms with Crippen molar-refractivity contribution in [1.29, 1.82) is 0 Å². The number of hydrogen-bond donors (Lipinski definition) is 6. The quantitative estimate of drug-likeness (QED) is 0.0200. The Labute approximate surface area is 437 Å². The van der Waals surface area contributed by atoms with E-state index in [4.69, 9.17) is 46.1 Å². The second-order valence-electron chi connectivity index (χ2n) is 17.9. The molecule has 25 heteroatoms. The Hall–Kier alpha value is -9.29. The van der Waals surface area contributed by atoms with E-state index < -0.39 is 41.3 Å². The number of imidazole rings is 2. The van der Waals surface area contributed by atoms with Crippen LogP contribution < -0.4 is 42.6 Å². The first-order valence-corrected chi connectivity index (χ1v) is 24.2. The molecule has 0 spiro atoms. The van der Waals surface area contributed by atoms with Crippen molar-refractivity contribution in [3.05, 3.63) is 107 Å². The number of benzene rings is 2. The number of aryl methyl sites for hydroxylation is 4. The summed E-state index contributed by atoms with van der Waals surface area (Å²) in [5.74, 6) is -2.32. The molecular formula is C51H63N15O10. The number of nitrogens with two attached hydrogens (primary N) is 3. The Morgan fingerprint density at radius 1 is 0.724 bits per heavy atom. The van der Waals surface area contributed by atoms with Crippen LogP contribution in [-0.2, 0) is 40.4 Å². The summed E-state index contributed by atoms with van der Waals surface area (Å²) >= 11 is 0. The molecule has 0 aliphatic rings. The lowest BCUT2D eigenvalue weighted by molar-refractivity contribution is -0.140. The van der Waals surface area contributed by atoms with Crippen LogP contribution in [0.3, 0.4) is 0 Å². The largest absolute Gasteiger partial charge is 0.491 e. The normalized spacial score (nSPS) is 12.0. The summed E-state index contributed by atoms with van der Waals surface area (Å²) in [5, 5.41) is 17.2. The average molecular weight is 1050 g/mol. The fourth-order valence-corrected chi connectivity index (χ4v) is 7.67. The zero-order chi connectivity index (χ0) is 55.3. The SMILES string of the molecule is CCn1nc(C)cc1C(=O)Nc1nc2cc(C(N)=O)cc(OC/C=C/CN=C/C(=C\N)NC(=O)OC(C)(C)C)c2n1C/C=C/Cn1c(NC(=O)c2cc(C)nn2CC)nc2cc(C(N)=O)cc(OCCCC(=O)OC)c21. The van der Waals surface area contributed by atoms with Crippen LogP contribution >= 0.6 is 0 Å². The maximum atomic E-state index is 14.0. The number of anilines is 2. The molecule has 0 saturated carbocycles. The highest BCUT2D eigenvalue weighted by Gasteiger charge is 2.24. The summed E-state index contributed by atoms with van der Waals surface area (Å²) in [5.41, 5.74) is 20.1. The Morgan fingerprint density at radius 2 is 1.24 bits per heavy atom. The van der Waals surface area contributed by atoms with Crippen LogP contribution in [0.15, 0.2) is 77.6 Å². The molecule has 4 aromatic heterocycles. The molecule has 9 N–H and O–H groups in total. The zero-order valence-corrected chi connectivity index (χ0v) is 43.6. The predicted octanol–water partition coefficient (Wildman–Crippen LogP) is 5.06. The number of rotatable bonds is 24. The maximum Gasteiger partial charge on any atom is 0.412 e. The molecule has 4 heterocycles. The van der Waals surface area contributed by atoms with Crippen LogP contribution in [-0.4, -0.2) is 113 Å². The summed E-state index contributed by atoms with van der Waals surface area (Å²) in [6.45, 7) is 13.6. The molecule has 25 nitrogen and oxygen atoms in total. The van der Waals surface area contributed by atoms with Crippen LogP contribution in [0.25, 0.3) is 22.1 Å². The van der Waals surface area contributed by atoms with Gasteiger partial charge >= 0.3 is 12.1 Å². The first-order valence-electron chi connectivity index (χ1n) is 24.2. The summed E-state index contributed by atoms with van der Waals surface area (Å²) < 4.78 is 29.0. The molecule has 0 fully saturated rings. The molecule has 0 radical (unpaired) electrons. The highest BCUT2D eigenvalue weighted by Crippen LogP contribution is 2.33. The molecule has 6 rings (SSSR count). The van der Waals surface area contributed by atoms with E-state index in [0.717, 1.165) is 0 Å². The minimum Gasteiger partial charge on any atom is -0.491 e. The number of alkyl carbamates (subject to hydrolysis) is 1. The van der Waals surface area contributed by atoms with Crippen LogP contribution in [0.4, 0.5) is 16.7 Å². The second kappa shape index (κ2) is 25.1. The molecule has 0 bridgehead atoms. The van der Waals surface area contributed by atoms with E-state index in [1.54, 1.807) is 89.6 Å².